The molecule has 2 aromatic rings. The average molecular weight is 390 g/mol. The lowest BCUT2D eigenvalue weighted by molar-refractivity contribution is 0.103. The van der Waals surface area contributed by atoms with E-state index in [0.29, 0.717) is 27.0 Å². The van der Waals surface area contributed by atoms with Crippen LogP contribution in [0.25, 0.3) is 0 Å². The van der Waals surface area contributed by atoms with E-state index in [9.17, 15) is 13.2 Å². The van der Waals surface area contributed by atoms with Gasteiger partial charge in [-0.05, 0) is 25.1 Å². The van der Waals surface area contributed by atoms with Gasteiger partial charge in [0.05, 0.1) is 24.1 Å². The number of carbonyl (C=O) groups excluding carboxylic acids is 1. The Morgan fingerprint density at radius 1 is 1.42 bits per heavy atom. The summed E-state index contributed by atoms with van der Waals surface area (Å²) in [7, 11) is -0.552. The van der Waals surface area contributed by atoms with E-state index in [-0.39, 0.29) is 11.0 Å². The molecule has 0 saturated carbocycles. The highest BCUT2D eigenvalue weighted by Crippen LogP contribution is 2.30. The Hall–Kier alpha value is -1.84. The molecule has 130 valence electrons. The summed E-state index contributed by atoms with van der Waals surface area (Å²) < 4.78 is 29.2. The summed E-state index contributed by atoms with van der Waals surface area (Å²) in [4.78, 5) is 16.9. The number of anilines is 2. The summed E-state index contributed by atoms with van der Waals surface area (Å²) in [6.07, 6.45) is 1.07. The SMILES string of the molecule is COc1ccc(NC(=O)c2sc(N(C)S(C)(=O)=O)nc2C)cc1Cl. The minimum atomic E-state index is -3.44. The molecule has 1 aromatic heterocycles. The number of carbonyl (C=O) groups is 1. The molecule has 0 unspecified atom stereocenters. The zero-order valence-corrected chi connectivity index (χ0v) is 15.8. The second-order valence-corrected chi connectivity index (χ2v) is 8.34. The zero-order valence-electron chi connectivity index (χ0n) is 13.5. The Balaban J connectivity index is 2.24. The number of thiazole rings is 1. The number of nitrogens with one attached hydrogen (secondary N) is 1. The third-order valence-electron chi connectivity index (χ3n) is 3.17. The molecule has 0 aliphatic heterocycles. The topological polar surface area (TPSA) is 88.6 Å². The van der Waals surface area contributed by atoms with Gasteiger partial charge in [0.2, 0.25) is 10.0 Å². The molecule has 10 heteroatoms. The second kappa shape index (κ2) is 6.96. The van der Waals surface area contributed by atoms with Crippen LogP contribution in [0, 0.1) is 6.92 Å². The fourth-order valence-corrected chi connectivity index (χ4v) is 3.73. The summed E-state index contributed by atoms with van der Waals surface area (Å²) >= 11 is 7.03. The van der Waals surface area contributed by atoms with Crippen LogP contribution in [-0.2, 0) is 10.0 Å². The van der Waals surface area contributed by atoms with E-state index < -0.39 is 10.0 Å². The van der Waals surface area contributed by atoms with Crippen LogP contribution in [0.2, 0.25) is 5.02 Å². The summed E-state index contributed by atoms with van der Waals surface area (Å²) in [5.41, 5.74) is 0.944. The molecule has 0 bridgehead atoms. The molecule has 1 N–H and O–H groups in total. The van der Waals surface area contributed by atoms with E-state index in [4.69, 9.17) is 16.3 Å². The van der Waals surface area contributed by atoms with Gasteiger partial charge in [-0.15, -0.1) is 0 Å². The first-order valence-corrected chi connectivity index (χ1v) is 9.74. The normalized spacial score (nSPS) is 11.2. The van der Waals surface area contributed by atoms with Crippen LogP contribution < -0.4 is 14.4 Å². The van der Waals surface area contributed by atoms with Crippen LogP contribution in [0.1, 0.15) is 15.4 Å². The van der Waals surface area contributed by atoms with Gasteiger partial charge in [0.25, 0.3) is 5.91 Å². The molecule has 0 spiro atoms. The number of amides is 1. The maximum atomic E-state index is 12.4. The highest BCUT2D eigenvalue weighted by Gasteiger charge is 2.21. The number of sulfonamides is 1. The van der Waals surface area contributed by atoms with E-state index in [1.54, 1.807) is 25.1 Å². The molecule has 0 fully saturated rings. The Bertz CT molecular complexity index is 880. The number of benzene rings is 1. The number of nitrogens with zero attached hydrogens (tertiary/aromatic N) is 2. The smallest absolute Gasteiger partial charge is 0.267 e. The van der Waals surface area contributed by atoms with Crippen LogP contribution >= 0.6 is 22.9 Å². The number of hydrogen-bond acceptors (Lipinski definition) is 6. The predicted octanol–water partition coefficient (Wildman–Crippen LogP) is 2.76. The first kappa shape index (κ1) is 18.5. The van der Waals surface area contributed by atoms with Crippen molar-refractivity contribution in [1.82, 2.24) is 4.98 Å². The van der Waals surface area contributed by atoms with Crippen LogP contribution in [0.5, 0.6) is 5.75 Å². The Kier molecular flexibility index (Phi) is 5.36. The molecule has 2 rings (SSSR count). The molecule has 0 aliphatic carbocycles. The monoisotopic (exact) mass is 389 g/mol. The van der Waals surface area contributed by atoms with E-state index >= 15 is 0 Å². The van der Waals surface area contributed by atoms with Crippen LogP contribution in [-0.4, -0.2) is 39.7 Å². The van der Waals surface area contributed by atoms with E-state index in [2.05, 4.69) is 10.3 Å². The Morgan fingerprint density at radius 3 is 2.62 bits per heavy atom. The van der Waals surface area contributed by atoms with Crippen molar-refractivity contribution in [3.8, 4) is 5.75 Å². The highest BCUT2D eigenvalue weighted by molar-refractivity contribution is 7.92. The predicted molar refractivity (Wildman–Crippen MR) is 96.1 cm³/mol. The van der Waals surface area contributed by atoms with Gasteiger partial charge < -0.3 is 10.1 Å². The van der Waals surface area contributed by atoms with Gasteiger partial charge in [-0.2, -0.15) is 0 Å². The van der Waals surface area contributed by atoms with Crippen molar-refractivity contribution in [2.24, 2.45) is 0 Å². The van der Waals surface area contributed by atoms with Crippen molar-refractivity contribution in [3.05, 3.63) is 33.8 Å². The molecular weight excluding hydrogens is 374 g/mol. The molecule has 24 heavy (non-hydrogen) atoms. The van der Waals surface area contributed by atoms with Gasteiger partial charge in [0, 0.05) is 12.7 Å². The largest absolute Gasteiger partial charge is 0.495 e. The first-order valence-electron chi connectivity index (χ1n) is 6.69. The fraction of sp³-hybridized carbons (Fsp3) is 0.286. The van der Waals surface area contributed by atoms with Crippen molar-refractivity contribution in [1.29, 1.82) is 0 Å². The van der Waals surface area contributed by atoms with E-state index in [0.717, 1.165) is 21.9 Å². The van der Waals surface area contributed by atoms with Crippen molar-refractivity contribution in [2.45, 2.75) is 6.92 Å². The Labute approximate surface area is 149 Å². The number of ether oxygens (including phenoxy) is 1. The van der Waals surface area contributed by atoms with E-state index in [1.807, 2.05) is 0 Å². The molecule has 1 amide bonds. The number of rotatable bonds is 5. The van der Waals surface area contributed by atoms with Gasteiger partial charge in [0.1, 0.15) is 10.6 Å². The standard InChI is InChI=1S/C14H16ClN3O4S2/c1-8-12(23-14(16-8)18(2)24(4,20)21)13(19)17-9-5-6-11(22-3)10(15)7-9/h5-7H,1-4H3,(H,17,19). The lowest BCUT2D eigenvalue weighted by atomic mass is 10.3. The minimum Gasteiger partial charge on any atom is -0.495 e. The van der Waals surface area contributed by atoms with Gasteiger partial charge in [-0.25, -0.2) is 17.7 Å². The lowest BCUT2D eigenvalue weighted by Crippen LogP contribution is -2.24. The maximum Gasteiger partial charge on any atom is 0.267 e. The Morgan fingerprint density at radius 2 is 2.08 bits per heavy atom. The van der Waals surface area contributed by atoms with Crippen LogP contribution in [0.15, 0.2) is 18.2 Å². The molecular formula is C14H16ClN3O4S2. The number of hydrogen-bond donors (Lipinski definition) is 1. The van der Waals surface area contributed by atoms with Crippen molar-refractivity contribution < 1.29 is 17.9 Å². The van der Waals surface area contributed by atoms with Gasteiger partial charge in [-0.1, -0.05) is 22.9 Å². The molecule has 0 atom stereocenters. The first-order chi connectivity index (χ1) is 11.1. The zero-order chi connectivity index (χ0) is 18.1. The summed E-state index contributed by atoms with van der Waals surface area (Å²) in [6, 6.07) is 4.86. The van der Waals surface area contributed by atoms with Crippen molar-refractivity contribution in [3.63, 3.8) is 0 Å². The third kappa shape index (κ3) is 3.97. The minimum absolute atomic E-state index is 0.230. The number of aromatic nitrogens is 1. The average Bonchev–Trinajstić information content (AvgIpc) is 2.87. The number of methoxy groups -OCH3 is 1. The quantitative estimate of drug-likeness (QED) is 0.849. The van der Waals surface area contributed by atoms with Crippen molar-refractivity contribution >= 4 is 49.7 Å². The maximum absolute atomic E-state index is 12.4. The molecule has 0 saturated heterocycles. The molecule has 1 heterocycles. The van der Waals surface area contributed by atoms with Crippen LogP contribution in [0.3, 0.4) is 0 Å². The summed E-state index contributed by atoms with van der Waals surface area (Å²) in [5, 5.41) is 3.30. The molecule has 0 aliphatic rings. The van der Waals surface area contributed by atoms with Gasteiger partial charge in [0.15, 0.2) is 5.13 Å². The number of halogens is 1. The van der Waals surface area contributed by atoms with Gasteiger partial charge >= 0.3 is 0 Å². The lowest BCUT2D eigenvalue weighted by Gasteiger charge is -2.11. The fourth-order valence-electron chi connectivity index (χ4n) is 1.80. The molecule has 0 radical (unpaired) electrons. The van der Waals surface area contributed by atoms with Crippen molar-refractivity contribution in [2.75, 3.05) is 30.0 Å². The van der Waals surface area contributed by atoms with Crippen LogP contribution in [0.4, 0.5) is 10.8 Å². The number of aryl methyl sites for hydroxylation is 1. The molecule has 1 aromatic carbocycles. The highest BCUT2D eigenvalue weighted by atomic mass is 35.5. The summed E-state index contributed by atoms with van der Waals surface area (Å²) in [6.45, 7) is 1.64. The van der Waals surface area contributed by atoms with E-state index in [1.165, 1.54) is 14.2 Å². The second-order valence-electron chi connectivity index (χ2n) is 4.94. The van der Waals surface area contributed by atoms with Gasteiger partial charge in [-0.3, -0.25) is 4.79 Å². The third-order valence-corrected chi connectivity index (χ3v) is 5.98. The summed E-state index contributed by atoms with van der Waals surface area (Å²) in [5.74, 6) is 0.111. The molecule has 7 nitrogen and oxygen atoms in total.